The van der Waals surface area contributed by atoms with Crippen LogP contribution in [0.4, 0.5) is 0 Å². The van der Waals surface area contributed by atoms with E-state index in [4.69, 9.17) is 5.11 Å². The third kappa shape index (κ3) is 2.38. The maximum atomic E-state index is 10.7. The summed E-state index contributed by atoms with van der Waals surface area (Å²) in [5.74, 6) is 2.52. The summed E-state index contributed by atoms with van der Waals surface area (Å²) in [6.07, 6.45) is 5.34. The van der Waals surface area contributed by atoms with E-state index in [-0.39, 0.29) is 5.75 Å². The highest BCUT2D eigenvalue weighted by Crippen LogP contribution is 2.60. The lowest BCUT2D eigenvalue weighted by atomic mass is 10.0. The fraction of sp³-hybridized carbons (Fsp3) is 0.769. The van der Waals surface area contributed by atoms with Crippen molar-refractivity contribution in [2.45, 2.75) is 50.2 Å². The first kappa shape index (κ1) is 13.0. The predicted octanol–water partition coefficient (Wildman–Crippen LogP) is 2.38. The van der Waals surface area contributed by atoms with Gasteiger partial charge in [-0.1, -0.05) is 24.6 Å². The number of carboxylic acid groups (broad SMARTS) is 1. The number of hydrogen-bond acceptors (Lipinski definition) is 4. The molecule has 0 spiro atoms. The van der Waals surface area contributed by atoms with E-state index < -0.39 is 5.97 Å². The normalized spacial score (nSPS) is 29.0. The Morgan fingerprint density at radius 2 is 2.05 bits per heavy atom. The van der Waals surface area contributed by atoms with Gasteiger partial charge in [0.25, 0.3) is 0 Å². The van der Waals surface area contributed by atoms with Crippen molar-refractivity contribution in [3.05, 3.63) is 5.82 Å². The Morgan fingerprint density at radius 1 is 1.37 bits per heavy atom. The molecule has 5 nitrogen and oxygen atoms in total. The van der Waals surface area contributed by atoms with Crippen molar-refractivity contribution < 1.29 is 9.90 Å². The molecule has 0 bridgehead atoms. The molecule has 0 radical (unpaired) electrons. The Morgan fingerprint density at radius 3 is 2.63 bits per heavy atom. The summed E-state index contributed by atoms with van der Waals surface area (Å²) in [5, 5.41) is 18.1. The highest BCUT2D eigenvalue weighted by Gasteiger charge is 2.53. The molecule has 2 atom stereocenters. The van der Waals surface area contributed by atoms with Crippen LogP contribution in [0.25, 0.3) is 0 Å². The lowest BCUT2D eigenvalue weighted by Crippen LogP contribution is -2.05. The second-order valence-corrected chi connectivity index (χ2v) is 6.35. The number of aromatic nitrogens is 3. The topological polar surface area (TPSA) is 68.0 Å². The van der Waals surface area contributed by atoms with Gasteiger partial charge in [-0.2, -0.15) is 0 Å². The Kier molecular flexibility index (Phi) is 3.52. The molecule has 6 heteroatoms. The van der Waals surface area contributed by atoms with Gasteiger partial charge in [0.05, 0.1) is 5.75 Å². The lowest BCUT2D eigenvalue weighted by Gasteiger charge is -2.05. The Bertz CT molecular complexity index is 476. The first-order valence-corrected chi connectivity index (χ1v) is 7.98. The summed E-state index contributed by atoms with van der Waals surface area (Å²) in [4.78, 5) is 10.7. The summed E-state index contributed by atoms with van der Waals surface area (Å²) < 4.78 is 2.11. The quantitative estimate of drug-likeness (QED) is 0.839. The molecule has 0 amide bonds. The van der Waals surface area contributed by atoms with Gasteiger partial charge >= 0.3 is 5.97 Å². The van der Waals surface area contributed by atoms with Crippen LogP contribution in [0.3, 0.4) is 0 Å². The standard InChI is InChI=1S/C13H19N3O2S/c1-2-16-12(11-8-5-3-4-6-9(8)11)14-15-13(16)19-7-10(17)18/h8-9,11H,2-7H2,1H3,(H,17,18). The molecule has 1 N–H and O–H groups in total. The molecule has 19 heavy (non-hydrogen) atoms. The SMILES string of the molecule is CCn1c(SCC(=O)O)nnc1C1C2CCCCC21. The van der Waals surface area contributed by atoms with Gasteiger partial charge in [-0.3, -0.25) is 4.79 Å². The van der Waals surface area contributed by atoms with E-state index in [0.29, 0.717) is 5.92 Å². The predicted molar refractivity (Wildman–Crippen MR) is 72.2 cm³/mol. The first-order valence-electron chi connectivity index (χ1n) is 7.00. The van der Waals surface area contributed by atoms with Gasteiger partial charge in [-0.05, 0) is 31.6 Å². The molecule has 3 rings (SSSR count). The van der Waals surface area contributed by atoms with Crippen molar-refractivity contribution in [2.75, 3.05) is 5.75 Å². The highest BCUT2D eigenvalue weighted by atomic mass is 32.2. The minimum Gasteiger partial charge on any atom is -0.481 e. The first-order chi connectivity index (χ1) is 9.22. The number of carbonyl (C=O) groups is 1. The summed E-state index contributed by atoms with van der Waals surface area (Å²) >= 11 is 1.27. The van der Waals surface area contributed by atoms with E-state index in [1.165, 1.54) is 37.4 Å². The molecule has 1 heterocycles. The molecular weight excluding hydrogens is 262 g/mol. The van der Waals surface area contributed by atoms with Crippen LogP contribution in [-0.4, -0.2) is 31.6 Å². The number of thioether (sulfide) groups is 1. The molecule has 2 aliphatic carbocycles. The van der Waals surface area contributed by atoms with Crippen LogP contribution in [0.2, 0.25) is 0 Å². The number of hydrogen-bond donors (Lipinski definition) is 1. The fourth-order valence-electron chi connectivity index (χ4n) is 3.45. The van der Waals surface area contributed by atoms with E-state index in [9.17, 15) is 4.79 Å². The lowest BCUT2D eigenvalue weighted by molar-refractivity contribution is -0.133. The average Bonchev–Trinajstić information content (AvgIpc) is 2.99. The van der Waals surface area contributed by atoms with Gasteiger partial charge in [0.15, 0.2) is 5.16 Å². The number of fused-ring (bicyclic) bond motifs is 1. The van der Waals surface area contributed by atoms with E-state index in [0.717, 1.165) is 29.4 Å². The second-order valence-electron chi connectivity index (χ2n) is 5.41. The molecule has 2 aliphatic rings. The van der Waals surface area contributed by atoms with Gasteiger partial charge in [-0.15, -0.1) is 10.2 Å². The number of carboxylic acids is 1. The van der Waals surface area contributed by atoms with Crippen LogP contribution in [0.1, 0.15) is 44.3 Å². The maximum Gasteiger partial charge on any atom is 0.313 e. The van der Waals surface area contributed by atoms with Crippen LogP contribution in [0, 0.1) is 11.8 Å². The summed E-state index contributed by atoms with van der Waals surface area (Å²) in [7, 11) is 0. The van der Waals surface area contributed by atoms with E-state index >= 15 is 0 Å². The zero-order valence-corrected chi connectivity index (χ0v) is 11.9. The van der Waals surface area contributed by atoms with Gasteiger partial charge in [0.2, 0.25) is 0 Å². The monoisotopic (exact) mass is 281 g/mol. The molecule has 1 aromatic heterocycles. The molecule has 0 aromatic carbocycles. The Hall–Kier alpha value is -1.04. The summed E-state index contributed by atoms with van der Waals surface area (Å²) in [5.41, 5.74) is 0. The van der Waals surface area contributed by atoms with E-state index in [2.05, 4.69) is 21.7 Å². The van der Waals surface area contributed by atoms with Crippen molar-refractivity contribution in [3.63, 3.8) is 0 Å². The third-order valence-corrected chi connectivity index (χ3v) is 5.29. The molecule has 0 saturated heterocycles. The zero-order chi connectivity index (χ0) is 13.4. The second kappa shape index (κ2) is 5.15. The highest BCUT2D eigenvalue weighted by molar-refractivity contribution is 7.99. The minimum absolute atomic E-state index is 0.0512. The third-order valence-electron chi connectivity index (χ3n) is 4.34. The number of nitrogens with zero attached hydrogens (tertiary/aromatic N) is 3. The Balaban J connectivity index is 1.77. The van der Waals surface area contributed by atoms with Crippen molar-refractivity contribution >= 4 is 17.7 Å². The summed E-state index contributed by atoms with van der Waals surface area (Å²) in [6.45, 7) is 2.89. The molecule has 2 fully saturated rings. The molecule has 0 aliphatic heterocycles. The zero-order valence-electron chi connectivity index (χ0n) is 11.1. The minimum atomic E-state index is -0.808. The maximum absolute atomic E-state index is 10.7. The van der Waals surface area contributed by atoms with Gasteiger partial charge in [0.1, 0.15) is 5.82 Å². The van der Waals surface area contributed by atoms with Crippen molar-refractivity contribution in [1.29, 1.82) is 0 Å². The van der Waals surface area contributed by atoms with Crippen LogP contribution >= 0.6 is 11.8 Å². The molecular formula is C13H19N3O2S. The Labute approximate surface area is 116 Å². The van der Waals surface area contributed by atoms with E-state index in [1.54, 1.807) is 0 Å². The van der Waals surface area contributed by atoms with Crippen LogP contribution < -0.4 is 0 Å². The molecule has 1 aromatic rings. The van der Waals surface area contributed by atoms with Crippen LogP contribution in [0.5, 0.6) is 0 Å². The summed E-state index contributed by atoms with van der Waals surface area (Å²) in [6, 6.07) is 0. The molecule has 2 saturated carbocycles. The van der Waals surface area contributed by atoms with Gasteiger partial charge in [0, 0.05) is 12.5 Å². The molecule has 104 valence electrons. The van der Waals surface area contributed by atoms with Gasteiger partial charge in [-0.25, -0.2) is 0 Å². The van der Waals surface area contributed by atoms with Crippen LogP contribution in [0.15, 0.2) is 5.16 Å². The fourth-order valence-corrected chi connectivity index (χ4v) is 4.18. The number of aliphatic carboxylic acids is 1. The molecule has 2 unspecified atom stereocenters. The van der Waals surface area contributed by atoms with Gasteiger partial charge < -0.3 is 9.67 Å². The largest absolute Gasteiger partial charge is 0.481 e. The average molecular weight is 281 g/mol. The number of rotatable bonds is 5. The van der Waals surface area contributed by atoms with E-state index in [1.807, 2.05) is 0 Å². The van der Waals surface area contributed by atoms with Crippen molar-refractivity contribution in [2.24, 2.45) is 11.8 Å². The van der Waals surface area contributed by atoms with Crippen molar-refractivity contribution in [3.8, 4) is 0 Å². The van der Waals surface area contributed by atoms with Crippen LogP contribution in [-0.2, 0) is 11.3 Å². The smallest absolute Gasteiger partial charge is 0.313 e. The van der Waals surface area contributed by atoms with Crippen molar-refractivity contribution in [1.82, 2.24) is 14.8 Å².